The van der Waals surface area contributed by atoms with Crippen LogP contribution in [0, 0.1) is 6.92 Å². The minimum Gasteiger partial charge on any atom is -0.347 e. The molecule has 5 heteroatoms. The van der Waals surface area contributed by atoms with Gasteiger partial charge in [-0.15, -0.1) is 11.3 Å². The van der Waals surface area contributed by atoms with E-state index in [0.29, 0.717) is 6.54 Å². The summed E-state index contributed by atoms with van der Waals surface area (Å²) in [7, 11) is 0. The fourth-order valence-corrected chi connectivity index (χ4v) is 2.28. The number of hydrogen-bond acceptors (Lipinski definition) is 3. The Bertz CT molecular complexity index is 515. The molecule has 0 aliphatic carbocycles. The zero-order valence-electron chi connectivity index (χ0n) is 9.93. The van der Waals surface area contributed by atoms with Crippen molar-refractivity contribution in [2.45, 2.75) is 26.9 Å². The zero-order valence-corrected chi connectivity index (χ0v) is 10.8. The van der Waals surface area contributed by atoms with Crippen LogP contribution < -0.4 is 5.32 Å². The number of nitrogens with zero attached hydrogens (tertiary/aromatic N) is 2. The summed E-state index contributed by atoms with van der Waals surface area (Å²) in [4.78, 5) is 13.7. The number of rotatable bonds is 4. The molecule has 2 rings (SSSR count). The van der Waals surface area contributed by atoms with Gasteiger partial charge >= 0.3 is 0 Å². The number of aryl methyl sites for hydroxylation is 2. The number of thiophene rings is 1. The summed E-state index contributed by atoms with van der Waals surface area (Å²) in [6.07, 6.45) is 3.73. The number of nitrogens with one attached hydrogen (secondary N) is 1. The Morgan fingerprint density at radius 3 is 2.94 bits per heavy atom. The lowest BCUT2D eigenvalue weighted by Crippen LogP contribution is -2.21. The lowest BCUT2D eigenvalue weighted by atomic mass is 10.3. The molecule has 0 saturated carbocycles. The van der Waals surface area contributed by atoms with Gasteiger partial charge in [-0.2, -0.15) is 5.10 Å². The highest BCUT2D eigenvalue weighted by Gasteiger charge is 2.07. The molecule has 0 bridgehead atoms. The maximum atomic E-state index is 11.8. The number of amides is 1. The van der Waals surface area contributed by atoms with Gasteiger partial charge in [0.1, 0.15) is 0 Å². The third-order valence-corrected chi connectivity index (χ3v) is 3.43. The van der Waals surface area contributed by atoms with Crippen LogP contribution in [-0.4, -0.2) is 15.7 Å². The van der Waals surface area contributed by atoms with Crippen molar-refractivity contribution in [2.24, 2.45) is 0 Å². The Balaban J connectivity index is 1.92. The van der Waals surface area contributed by atoms with Crippen LogP contribution in [0.3, 0.4) is 0 Å². The van der Waals surface area contributed by atoms with E-state index in [9.17, 15) is 4.79 Å². The van der Waals surface area contributed by atoms with E-state index in [0.717, 1.165) is 21.9 Å². The summed E-state index contributed by atoms with van der Waals surface area (Å²) in [5, 5.41) is 7.04. The highest BCUT2D eigenvalue weighted by Crippen LogP contribution is 2.14. The third-order valence-electron chi connectivity index (χ3n) is 2.43. The summed E-state index contributed by atoms with van der Waals surface area (Å²) in [6, 6.07) is 3.81. The van der Waals surface area contributed by atoms with Crippen LogP contribution in [0.5, 0.6) is 0 Å². The van der Waals surface area contributed by atoms with Gasteiger partial charge in [0.05, 0.1) is 11.1 Å². The van der Waals surface area contributed by atoms with Crippen molar-refractivity contribution in [1.29, 1.82) is 0 Å². The number of aromatic nitrogens is 2. The monoisotopic (exact) mass is 249 g/mol. The van der Waals surface area contributed by atoms with E-state index < -0.39 is 0 Å². The van der Waals surface area contributed by atoms with Crippen molar-refractivity contribution in [3.05, 3.63) is 39.8 Å². The van der Waals surface area contributed by atoms with Gasteiger partial charge in [-0.3, -0.25) is 9.48 Å². The van der Waals surface area contributed by atoms with Crippen LogP contribution in [0.4, 0.5) is 0 Å². The summed E-state index contributed by atoms with van der Waals surface area (Å²) in [5.74, 6) is -0.0210. The first-order valence-corrected chi connectivity index (χ1v) is 6.36. The first kappa shape index (κ1) is 11.9. The Hall–Kier alpha value is -1.62. The van der Waals surface area contributed by atoms with Crippen molar-refractivity contribution in [2.75, 3.05) is 0 Å². The van der Waals surface area contributed by atoms with Crippen LogP contribution in [0.25, 0.3) is 0 Å². The van der Waals surface area contributed by atoms with Crippen LogP contribution >= 0.6 is 11.3 Å². The molecule has 2 aromatic heterocycles. The van der Waals surface area contributed by atoms with E-state index in [1.807, 2.05) is 36.9 Å². The van der Waals surface area contributed by atoms with Gasteiger partial charge in [0.15, 0.2) is 0 Å². The average Bonchev–Trinajstić information content (AvgIpc) is 2.94. The standard InChI is InChI=1S/C12H15N3OS/c1-3-15-8-10(7-14-15)6-13-12(16)11-5-4-9(2)17-11/h4-5,7-8H,3,6H2,1-2H3,(H,13,16). The van der Waals surface area contributed by atoms with Crippen LogP contribution in [-0.2, 0) is 13.1 Å². The third kappa shape index (κ3) is 2.94. The smallest absolute Gasteiger partial charge is 0.261 e. The molecule has 2 heterocycles. The van der Waals surface area contributed by atoms with Gasteiger partial charge in [0, 0.05) is 29.7 Å². The fraction of sp³-hybridized carbons (Fsp3) is 0.333. The largest absolute Gasteiger partial charge is 0.347 e. The summed E-state index contributed by atoms with van der Waals surface area (Å²) in [6.45, 7) is 5.39. The predicted molar refractivity (Wildman–Crippen MR) is 68.1 cm³/mol. The summed E-state index contributed by atoms with van der Waals surface area (Å²) in [5.41, 5.74) is 1.02. The number of carbonyl (C=O) groups is 1. The predicted octanol–water partition coefficient (Wildman–Crippen LogP) is 2.20. The van der Waals surface area contributed by atoms with Crippen LogP contribution in [0.2, 0.25) is 0 Å². The fourth-order valence-electron chi connectivity index (χ4n) is 1.50. The number of carbonyl (C=O) groups excluding carboxylic acids is 1. The number of hydrogen-bond donors (Lipinski definition) is 1. The van der Waals surface area contributed by atoms with Crippen molar-refractivity contribution in [1.82, 2.24) is 15.1 Å². The minimum atomic E-state index is -0.0210. The van der Waals surface area contributed by atoms with Crippen molar-refractivity contribution in [3.63, 3.8) is 0 Å². The van der Waals surface area contributed by atoms with Crippen molar-refractivity contribution in [3.8, 4) is 0 Å². The van der Waals surface area contributed by atoms with E-state index in [4.69, 9.17) is 0 Å². The minimum absolute atomic E-state index is 0.0210. The normalized spacial score (nSPS) is 10.5. The Morgan fingerprint density at radius 1 is 1.53 bits per heavy atom. The maximum Gasteiger partial charge on any atom is 0.261 e. The van der Waals surface area contributed by atoms with Gasteiger partial charge in [0.25, 0.3) is 5.91 Å². The topological polar surface area (TPSA) is 46.9 Å². The molecule has 0 aromatic carbocycles. The molecule has 0 radical (unpaired) electrons. The van der Waals surface area contributed by atoms with Gasteiger partial charge in [-0.05, 0) is 26.0 Å². The molecule has 2 aromatic rings. The second kappa shape index (κ2) is 5.14. The lowest BCUT2D eigenvalue weighted by Gasteiger charge is -2.00. The maximum absolute atomic E-state index is 11.8. The van der Waals surface area contributed by atoms with Gasteiger partial charge in [0.2, 0.25) is 0 Å². The SMILES string of the molecule is CCn1cc(CNC(=O)c2ccc(C)s2)cn1. The lowest BCUT2D eigenvalue weighted by molar-refractivity contribution is 0.0955. The van der Waals surface area contributed by atoms with Gasteiger partial charge in [-0.25, -0.2) is 0 Å². The Kier molecular flexibility index (Phi) is 3.58. The molecule has 90 valence electrons. The molecule has 0 unspecified atom stereocenters. The van der Waals surface area contributed by atoms with Crippen LogP contribution in [0.15, 0.2) is 24.5 Å². The molecule has 0 spiro atoms. The first-order valence-electron chi connectivity index (χ1n) is 5.55. The molecule has 0 atom stereocenters. The highest BCUT2D eigenvalue weighted by molar-refractivity contribution is 7.13. The second-order valence-corrected chi connectivity index (χ2v) is 5.09. The van der Waals surface area contributed by atoms with Gasteiger partial charge in [-0.1, -0.05) is 0 Å². The van der Waals surface area contributed by atoms with Gasteiger partial charge < -0.3 is 5.32 Å². The Labute approximate surface area is 104 Å². The molecule has 0 aliphatic rings. The molecule has 1 N–H and O–H groups in total. The summed E-state index contributed by atoms with van der Waals surface area (Å²) < 4.78 is 1.84. The molecular formula is C12H15N3OS. The molecule has 4 nitrogen and oxygen atoms in total. The zero-order chi connectivity index (χ0) is 12.3. The molecule has 1 amide bonds. The van der Waals surface area contributed by atoms with E-state index in [1.54, 1.807) is 6.20 Å². The van der Waals surface area contributed by atoms with Crippen molar-refractivity contribution < 1.29 is 4.79 Å². The van der Waals surface area contributed by atoms with Crippen LogP contribution in [0.1, 0.15) is 27.0 Å². The molecule has 0 saturated heterocycles. The quantitative estimate of drug-likeness (QED) is 0.903. The van der Waals surface area contributed by atoms with E-state index in [-0.39, 0.29) is 5.91 Å². The Morgan fingerprint density at radius 2 is 2.35 bits per heavy atom. The second-order valence-electron chi connectivity index (χ2n) is 3.80. The molecule has 0 aliphatic heterocycles. The van der Waals surface area contributed by atoms with Crippen molar-refractivity contribution >= 4 is 17.2 Å². The first-order chi connectivity index (χ1) is 8.19. The van der Waals surface area contributed by atoms with E-state index in [2.05, 4.69) is 10.4 Å². The average molecular weight is 249 g/mol. The highest BCUT2D eigenvalue weighted by atomic mass is 32.1. The molecule has 17 heavy (non-hydrogen) atoms. The summed E-state index contributed by atoms with van der Waals surface area (Å²) >= 11 is 1.51. The molecular weight excluding hydrogens is 234 g/mol. The van der Waals surface area contributed by atoms with E-state index >= 15 is 0 Å². The van der Waals surface area contributed by atoms with E-state index in [1.165, 1.54) is 11.3 Å². The molecule has 0 fully saturated rings.